The van der Waals surface area contributed by atoms with Gasteiger partial charge < -0.3 is 23.8 Å². The number of esters is 1. The summed E-state index contributed by atoms with van der Waals surface area (Å²) < 4.78 is 27.3. The summed E-state index contributed by atoms with van der Waals surface area (Å²) in [5.74, 6) is -0.369. The van der Waals surface area contributed by atoms with Crippen molar-refractivity contribution in [3.8, 4) is 0 Å². The molecule has 0 amide bonds. The van der Waals surface area contributed by atoms with E-state index in [2.05, 4.69) is 24.2 Å². The van der Waals surface area contributed by atoms with Crippen molar-refractivity contribution in [3.05, 3.63) is 45.0 Å². The van der Waals surface area contributed by atoms with Crippen molar-refractivity contribution in [2.75, 3.05) is 34.9 Å². The Morgan fingerprint density at radius 2 is 1.59 bits per heavy atom. The van der Waals surface area contributed by atoms with Crippen molar-refractivity contribution in [1.82, 2.24) is 29.0 Å². The fraction of sp³-hybridized carbons (Fsp3) is 0.788. The van der Waals surface area contributed by atoms with Gasteiger partial charge in [0.05, 0.1) is 12.7 Å². The molecule has 0 spiro atoms. The minimum absolute atomic E-state index is 0.0972. The number of hydrogen-bond acceptors (Lipinski definition) is 10. The van der Waals surface area contributed by atoms with Crippen LogP contribution in [0.25, 0.3) is 0 Å². The fourth-order valence-electron chi connectivity index (χ4n) is 6.06. The average molecular weight is 649 g/mol. The number of hydrogen-bond donors (Lipinski definition) is 0. The minimum atomic E-state index is -0.795. The van der Waals surface area contributed by atoms with Crippen molar-refractivity contribution in [2.24, 2.45) is 0 Å². The van der Waals surface area contributed by atoms with Crippen LogP contribution < -0.4 is 11.2 Å². The van der Waals surface area contributed by atoms with Gasteiger partial charge in [-0.3, -0.25) is 18.7 Å². The summed E-state index contributed by atoms with van der Waals surface area (Å²) in [6.45, 7) is 4.74. The third-order valence-corrected chi connectivity index (χ3v) is 8.50. The van der Waals surface area contributed by atoms with Gasteiger partial charge in [-0.1, -0.05) is 70.4 Å². The van der Waals surface area contributed by atoms with Gasteiger partial charge in [0.2, 0.25) is 0 Å². The van der Waals surface area contributed by atoms with Crippen molar-refractivity contribution < 1.29 is 23.7 Å². The quantitative estimate of drug-likeness (QED) is 0.137. The highest BCUT2D eigenvalue weighted by molar-refractivity contribution is 5.69. The van der Waals surface area contributed by atoms with Crippen molar-refractivity contribution in [3.63, 3.8) is 0 Å². The molecule has 0 aliphatic carbocycles. The Bertz CT molecular complexity index is 1290. The first-order valence-electron chi connectivity index (χ1n) is 17.0. The average Bonchev–Trinajstić information content (AvgIpc) is 3.61. The number of carbonyl (C=O) groups is 1. The summed E-state index contributed by atoms with van der Waals surface area (Å²) >= 11 is 0. The van der Waals surface area contributed by atoms with E-state index in [1.807, 2.05) is 19.0 Å². The highest BCUT2D eigenvalue weighted by atomic mass is 16.6. The normalized spacial score (nSPS) is 20.4. The maximum Gasteiger partial charge on any atom is 0.333 e. The highest BCUT2D eigenvalue weighted by Gasteiger charge is 2.46. The Morgan fingerprint density at radius 3 is 2.22 bits per heavy atom. The first-order valence-corrected chi connectivity index (χ1v) is 17.0. The molecule has 0 saturated carbocycles. The highest BCUT2D eigenvalue weighted by Crippen LogP contribution is 2.32. The molecule has 5 atom stereocenters. The first-order chi connectivity index (χ1) is 22.2. The molecule has 1 unspecified atom stereocenters. The Morgan fingerprint density at radius 1 is 0.957 bits per heavy atom. The van der Waals surface area contributed by atoms with E-state index in [9.17, 15) is 14.4 Å². The Kier molecular flexibility index (Phi) is 16.1. The zero-order valence-electron chi connectivity index (χ0n) is 28.8. The molecule has 0 N–H and O–H groups in total. The van der Waals surface area contributed by atoms with Gasteiger partial charge in [-0.2, -0.15) is 0 Å². The van der Waals surface area contributed by atoms with Crippen LogP contribution in [0.5, 0.6) is 0 Å². The van der Waals surface area contributed by atoms with Crippen LogP contribution in [0.3, 0.4) is 0 Å². The van der Waals surface area contributed by atoms with Gasteiger partial charge >= 0.3 is 11.7 Å². The van der Waals surface area contributed by atoms with Crippen molar-refractivity contribution in [2.45, 2.75) is 135 Å². The van der Waals surface area contributed by atoms with E-state index in [0.29, 0.717) is 12.2 Å². The van der Waals surface area contributed by atoms with E-state index in [-0.39, 0.29) is 31.3 Å². The monoisotopic (exact) mass is 648 g/mol. The molecular formula is C33H56N6O7. The number of likely N-dealkylation sites (N-methyl/N-ethyl adjacent to an activating group) is 1. The first kappa shape index (κ1) is 37.6. The van der Waals surface area contributed by atoms with Crippen LogP contribution >= 0.6 is 0 Å². The number of ether oxygens (including phenoxy) is 4. The molecule has 1 fully saturated rings. The van der Waals surface area contributed by atoms with Gasteiger partial charge in [0, 0.05) is 33.0 Å². The SMILES string of the molecule is CCCCCCCCC(CCCCCC)OC(=O)Cn1cc(Cn2c(=O)ccn([C@@H]3O[C@H](CN(C)C)[C@@H](OC)[C@H]3OC)c2=O)nn1. The predicted molar refractivity (Wildman–Crippen MR) is 175 cm³/mol. The van der Waals surface area contributed by atoms with Gasteiger partial charge in [0.15, 0.2) is 6.23 Å². The maximum absolute atomic E-state index is 13.6. The molecule has 2 aromatic heterocycles. The zero-order chi connectivity index (χ0) is 33.5. The standard InChI is InChI=1S/C33H56N6O7/c1-7-9-11-13-14-16-18-26(17-15-12-10-8-2)45-29(41)24-37-21-25(34-35-37)22-39-28(40)19-20-38(33(39)42)32-31(44-6)30(43-5)27(46-32)23-36(3)4/h19-21,26-27,30-32H,7-18,22-24H2,1-6H3/t26?,27-,30-,31-,32-/m1/s1. The largest absolute Gasteiger partial charge is 0.461 e. The molecule has 0 bridgehead atoms. The van der Waals surface area contributed by atoms with E-state index in [4.69, 9.17) is 18.9 Å². The summed E-state index contributed by atoms with van der Waals surface area (Å²) in [7, 11) is 6.97. The summed E-state index contributed by atoms with van der Waals surface area (Å²) in [6.07, 6.45) is 14.1. The van der Waals surface area contributed by atoms with Crippen LogP contribution in [0.1, 0.15) is 103 Å². The van der Waals surface area contributed by atoms with Crippen LogP contribution in [-0.2, 0) is 36.8 Å². The predicted octanol–water partition coefficient (Wildman–Crippen LogP) is 3.77. The van der Waals surface area contributed by atoms with Gasteiger partial charge in [-0.05, 0) is 39.8 Å². The lowest BCUT2D eigenvalue weighted by atomic mass is 10.0. The Labute approximate surface area is 273 Å². The van der Waals surface area contributed by atoms with Gasteiger partial charge in [0.25, 0.3) is 5.56 Å². The summed E-state index contributed by atoms with van der Waals surface area (Å²) in [4.78, 5) is 41.2. The molecule has 0 radical (unpaired) electrons. The molecule has 46 heavy (non-hydrogen) atoms. The molecule has 1 saturated heterocycles. The molecule has 1 aliphatic rings. The van der Waals surface area contributed by atoms with Crippen LogP contribution in [-0.4, -0.2) is 94.3 Å². The smallest absolute Gasteiger partial charge is 0.333 e. The van der Waals surface area contributed by atoms with E-state index in [1.165, 1.54) is 53.6 Å². The molecular weight excluding hydrogens is 592 g/mol. The van der Waals surface area contributed by atoms with Gasteiger partial charge in [0.1, 0.15) is 36.7 Å². The van der Waals surface area contributed by atoms with E-state index in [1.54, 1.807) is 20.4 Å². The molecule has 0 aromatic carbocycles. The molecule has 3 heterocycles. The maximum atomic E-state index is 13.6. The number of aromatic nitrogens is 5. The van der Waals surface area contributed by atoms with Crippen LogP contribution in [0.4, 0.5) is 0 Å². The fourth-order valence-corrected chi connectivity index (χ4v) is 6.06. The van der Waals surface area contributed by atoms with E-state index >= 15 is 0 Å². The summed E-state index contributed by atoms with van der Waals surface area (Å²) in [5.41, 5.74) is -0.700. The summed E-state index contributed by atoms with van der Waals surface area (Å²) in [5, 5.41) is 8.19. The van der Waals surface area contributed by atoms with E-state index in [0.717, 1.165) is 49.5 Å². The lowest BCUT2D eigenvalue weighted by molar-refractivity contribution is -0.150. The second-order valence-electron chi connectivity index (χ2n) is 12.6. The molecule has 3 rings (SSSR count). The van der Waals surface area contributed by atoms with Crippen molar-refractivity contribution >= 4 is 5.97 Å². The minimum Gasteiger partial charge on any atom is -0.461 e. The third kappa shape index (κ3) is 11.1. The lowest BCUT2D eigenvalue weighted by Crippen LogP contribution is -2.44. The lowest BCUT2D eigenvalue weighted by Gasteiger charge is -2.23. The molecule has 13 nitrogen and oxygen atoms in total. The van der Waals surface area contributed by atoms with Gasteiger partial charge in [-0.25, -0.2) is 9.48 Å². The summed E-state index contributed by atoms with van der Waals surface area (Å²) in [6, 6.07) is 1.31. The number of carbonyl (C=O) groups excluding carboxylic acids is 1. The Hall–Kier alpha value is -2.87. The van der Waals surface area contributed by atoms with Crippen LogP contribution in [0, 0.1) is 0 Å². The number of unbranched alkanes of at least 4 members (excludes halogenated alkanes) is 8. The van der Waals surface area contributed by atoms with Crippen LogP contribution in [0.15, 0.2) is 28.0 Å². The molecule has 13 heteroatoms. The zero-order valence-corrected chi connectivity index (χ0v) is 28.8. The third-order valence-electron chi connectivity index (χ3n) is 8.50. The second-order valence-corrected chi connectivity index (χ2v) is 12.6. The number of nitrogens with zero attached hydrogens (tertiary/aromatic N) is 6. The molecule has 1 aliphatic heterocycles. The number of methoxy groups -OCH3 is 2. The van der Waals surface area contributed by atoms with Gasteiger partial charge in [-0.15, -0.1) is 5.10 Å². The van der Waals surface area contributed by atoms with E-state index < -0.39 is 29.7 Å². The van der Waals surface area contributed by atoms with Crippen molar-refractivity contribution in [1.29, 1.82) is 0 Å². The Balaban J connectivity index is 1.65. The molecule has 260 valence electrons. The number of rotatable bonds is 22. The second kappa shape index (κ2) is 19.7. The molecule has 2 aromatic rings. The van der Waals surface area contributed by atoms with Crippen LogP contribution in [0.2, 0.25) is 0 Å². The topological polar surface area (TPSA) is 132 Å².